The molecule has 1 fully saturated rings. The molecule has 6 heteroatoms. The van der Waals surface area contributed by atoms with Crippen molar-refractivity contribution in [2.75, 3.05) is 20.3 Å². The summed E-state index contributed by atoms with van der Waals surface area (Å²) in [6.07, 6.45) is 3.93. The highest BCUT2D eigenvalue weighted by molar-refractivity contribution is 5.77. The van der Waals surface area contributed by atoms with Gasteiger partial charge in [-0.15, -0.1) is 0 Å². The second-order valence-corrected chi connectivity index (χ2v) is 7.51. The lowest BCUT2D eigenvalue weighted by Crippen LogP contribution is -2.48. The summed E-state index contributed by atoms with van der Waals surface area (Å²) >= 11 is 0. The van der Waals surface area contributed by atoms with Crippen molar-refractivity contribution in [2.45, 2.75) is 52.2 Å². The van der Waals surface area contributed by atoms with E-state index in [4.69, 9.17) is 23.6 Å². The van der Waals surface area contributed by atoms with Crippen LogP contribution in [-0.2, 0) is 25.4 Å². The topological polar surface area (TPSA) is 70.8 Å². The first-order chi connectivity index (χ1) is 13.4. The van der Waals surface area contributed by atoms with Crippen molar-refractivity contribution >= 4 is 5.97 Å². The average Bonchev–Trinajstić information content (AvgIpc) is 3.06. The van der Waals surface area contributed by atoms with Gasteiger partial charge in [-0.2, -0.15) is 0 Å². The number of aryl methyl sites for hydroxylation is 3. The van der Waals surface area contributed by atoms with Gasteiger partial charge >= 0.3 is 5.97 Å². The maximum atomic E-state index is 11.7. The fourth-order valence-corrected chi connectivity index (χ4v) is 3.43. The smallest absolute Gasteiger partial charge is 0.366 e. The fourth-order valence-electron chi connectivity index (χ4n) is 3.43. The number of hydrogen-bond acceptors (Lipinski definition) is 6. The maximum absolute atomic E-state index is 11.7. The molecule has 0 unspecified atom stereocenters. The number of oxazole rings is 1. The minimum atomic E-state index is -1.27. The van der Waals surface area contributed by atoms with Gasteiger partial charge in [-0.05, 0) is 44.7 Å². The van der Waals surface area contributed by atoms with Gasteiger partial charge in [0.2, 0.25) is 5.89 Å². The first-order valence-corrected chi connectivity index (χ1v) is 9.81. The number of ether oxygens (including phenoxy) is 3. The number of nitrogens with zero attached hydrogens (tertiary/aromatic N) is 1. The zero-order valence-corrected chi connectivity index (χ0v) is 17.1. The molecule has 2 aromatic rings. The number of hydrogen-bond donors (Lipinski definition) is 0. The molecule has 1 aliphatic heterocycles. The molecule has 6 nitrogen and oxygen atoms in total. The summed E-state index contributed by atoms with van der Waals surface area (Å²) in [6, 6.07) is 8.12. The van der Waals surface area contributed by atoms with Gasteiger partial charge in [0.1, 0.15) is 5.76 Å². The van der Waals surface area contributed by atoms with E-state index in [1.165, 1.54) is 7.11 Å². The number of rotatable bonds is 7. The molecule has 152 valence electrons. The number of carbonyl (C=O) groups excluding carboxylic acids is 1. The first kappa shape index (κ1) is 20.6. The van der Waals surface area contributed by atoms with Gasteiger partial charge in [0, 0.05) is 18.4 Å². The van der Waals surface area contributed by atoms with E-state index in [0.717, 1.165) is 48.3 Å². The van der Waals surface area contributed by atoms with Crippen LogP contribution in [0.25, 0.3) is 11.5 Å². The van der Waals surface area contributed by atoms with Crippen LogP contribution in [0.15, 0.2) is 28.7 Å². The standard InChI is InChI=1S/C22H29NO5/c1-15-9-5-7-11-18(15)20-23-19(16(2)28-20)12-8-6-10-17-13-26-22(3,27-14-17)21(24)25-4/h5,7,9,11,17H,6,8,10,12-14H2,1-4H3. The van der Waals surface area contributed by atoms with Crippen LogP contribution in [0.5, 0.6) is 0 Å². The van der Waals surface area contributed by atoms with Crippen LogP contribution < -0.4 is 0 Å². The molecule has 0 atom stereocenters. The van der Waals surface area contributed by atoms with E-state index in [1.807, 2.05) is 25.1 Å². The third-order valence-electron chi connectivity index (χ3n) is 5.29. The second kappa shape index (κ2) is 8.88. The monoisotopic (exact) mass is 387 g/mol. The van der Waals surface area contributed by atoms with Crippen molar-refractivity contribution in [1.82, 2.24) is 4.98 Å². The minimum Gasteiger partial charge on any atom is -0.465 e. The quantitative estimate of drug-likeness (QED) is 0.523. The number of unbranched alkanes of at least 4 members (excludes halogenated alkanes) is 1. The van der Waals surface area contributed by atoms with Gasteiger partial charge in [0.05, 0.1) is 26.0 Å². The van der Waals surface area contributed by atoms with Gasteiger partial charge in [-0.1, -0.05) is 24.6 Å². The molecule has 0 N–H and O–H groups in total. The van der Waals surface area contributed by atoms with Gasteiger partial charge in [0.15, 0.2) is 0 Å². The Labute approximate surface area is 166 Å². The zero-order valence-electron chi connectivity index (χ0n) is 17.1. The van der Waals surface area contributed by atoms with Crippen molar-refractivity contribution in [3.8, 4) is 11.5 Å². The predicted molar refractivity (Wildman–Crippen MR) is 105 cm³/mol. The molecule has 0 spiro atoms. The molecule has 0 amide bonds. The number of carbonyl (C=O) groups is 1. The highest BCUT2D eigenvalue weighted by Gasteiger charge is 2.41. The van der Waals surface area contributed by atoms with E-state index in [9.17, 15) is 4.79 Å². The highest BCUT2D eigenvalue weighted by Crippen LogP contribution is 2.27. The Morgan fingerprint density at radius 3 is 2.61 bits per heavy atom. The van der Waals surface area contributed by atoms with E-state index in [0.29, 0.717) is 25.0 Å². The van der Waals surface area contributed by atoms with Crippen LogP contribution >= 0.6 is 0 Å². The van der Waals surface area contributed by atoms with E-state index in [2.05, 4.69) is 13.0 Å². The van der Waals surface area contributed by atoms with Crippen molar-refractivity contribution in [3.63, 3.8) is 0 Å². The third-order valence-corrected chi connectivity index (χ3v) is 5.29. The zero-order chi connectivity index (χ0) is 20.1. The van der Waals surface area contributed by atoms with E-state index >= 15 is 0 Å². The molecular weight excluding hydrogens is 358 g/mol. The summed E-state index contributed by atoms with van der Waals surface area (Å²) < 4.78 is 21.8. The van der Waals surface area contributed by atoms with Crippen LogP contribution in [0.2, 0.25) is 0 Å². The van der Waals surface area contributed by atoms with Crippen molar-refractivity contribution < 1.29 is 23.4 Å². The Hall–Kier alpha value is -2.18. The fraction of sp³-hybridized carbons (Fsp3) is 0.545. The van der Waals surface area contributed by atoms with Crippen LogP contribution in [-0.4, -0.2) is 37.1 Å². The number of methoxy groups -OCH3 is 1. The van der Waals surface area contributed by atoms with Crippen LogP contribution in [0.4, 0.5) is 0 Å². The van der Waals surface area contributed by atoms with Crippen LogP contribution in [0.3, 0.4) is 0 Å². The lowest BCUT2D eigenvalue weighted by Gasteiger charge is -2.35. The Kier molecular flexibility index (Phi) is 6.52. The Morgan fingerprint density at radius 2 is 1.93 bits per heavy atom. The molecule has 1 saturated heterocycles. The molecule has 0 aliphatic carbocycles. The molecular formula is C22H29NO5. The average molecular weight is 387 g/mol. The molecule has 0 saturated carbocycles. The van der Waals surface area contributed by atoms with E-state index in [1.54, 1.807) is 6.92 Å². The molecule has 1 aromatic carbocycles. The van der Waals surface area contributed by atoms with Crippen molar-refractivity contribution in [3.05, 3.63) is 41.3 Å². The minimum absolute atomic E-state index is 0.290. The Morgan fingerprint density at radius 1 is 1.21 bits per heavy atom. The number of aromatic nitrogens is 1. The summed E-state index contributed by atoms with van der Waals surface area (Å²) in [5, 5.41) is 0. The molecule has 0 radical (unpaired) electrons. The predicted octanol–water partition coefficient (Wildman–Crippen LogP) is 4.22. The largest absolute Gasteiger partial charge is 0.465 e. The molecule has 28 heavy (non-hydrogen) atoms. The summed E-state index contributed by atoms with van der Waals surface area (Å²) in [6.45, 7) is 6.65. The molecule has 2 heterocycles. The molecule has 3 rings (SSSR count). The highest BCUT2D eigenvalue weighted by atomic mass is 16.7. The van der Waals surface area contributed by atoms with Gasteiger partial charge in [-0.3, -0.25) is 0 Å². The molecule has 1 aromatic heterocycles. The molecule has 0 bridgehead atoms. The van der Waals surface area contributed by atoms with E-state index in [-0.39, 0.29) is 0 Å². The van der Waals surface area contributed by atoms with Gasteiger partial charge in [0.25, 0.3) is 5.79 Å². The van der Waals surface area contributed by atoms with Crippen molar-refractivity contribution in [2.24, 2.45) is 5.92 Å². The summed E-state index contributed by atoms with van der Waals surface area (Å²) in [5.41, 5.74) is 3.22. The van der Waals surface area contributed by atoms with Gasteiger partial charge in [-0.25, -0.2) is 9.78 Å². The van der Waals surface area contributed by atoms with Gasteiger partial charge < -0.3 is 18.6 Å². The van der Waals surface area contributed by atoms with Crippen LogP contribution in [0.1, 0.15) is 43.2 Å². The molecule has 1 aliphatic rings. The SMILES string of the molecule is COC(=O)C1(C)OCC(CCCCc2nc(-c3ccccc3C)oc2C)CO1. The van der Waals surface area contributed by atoms with E-state index < -0.39 is 11.8 Å². The van der Waals surface area contributed by atoms with Crippen molar-refractivity contribution in [1.29, 1.82) is 0 Å². The normalized spacial score (nSPS) is 22.2. The lowest BCUT2D eigenvalue weighted by atomic mass is 10.0. The summed E-state index contributed by atoms with van der Waals surface area (Å²) in [4.78, 5) is 16.4. The maximum Gasteiger partial charge on any atom is 0.366 e. The summed E-state index contributed by atoms with van der Waals surface area (Å²) in [7, 11) is 1.34. The first-order valence-electron chi connectivity index (χ1n) is 9.81. The lowest BCUT2D eigenvalue weighted by molar-refractivity contribution is -0.272. The third kappa shape index (κ3) is 4.62. The number of esters is 1. The Bertz CT molecular complexity index is 805. The number of benzene rings is 1. The van der Waals surface area contributed by atoms with Crippen LogP contribution in [0, 0.1) is 19.8 Å². The summed E-state index contributed by atoms with van der Waals surface area (Å²) in [5.74, 6) is 0.114. The second-order valence-electron chi connectivity index (χ2n) is 7.51. The Balaban J connectivity index is 1.45.